The van der Waals surface area contributed by atoms with Gasteiger partial charge in [0.05, 0.1) is 5.69 Å². The number of aromatic nitrogens is 1. The molecule has 124 valence electrons. The fraction of sp³-hybridized carbons (Fsp3) is 0.167. The summed E-state index contributed by atoms with van der Waals surface area (Å²) in [5, 5.41) is 6.88. The van der Waals surface area contributed by atoms with E-state index in [1.54, 1.807) is 35.6 Å². The molecule has 2 aromatic carbocycles. The van der Waals surface area contributed by atoms with Crippen LogP contribution in [0.5, 0.6) is 5.75 Å². The zero-order chi connectivity index (χ0) is 16.8. The van der Waals surface area contributed by atoms with Crippen molar-refractivity contribution in [3.05, 3.63) is 70.4 Å². The summed E-state index contributed by atoms with van der Waals surface area (Å²) >= 11 is 7.38. The van der Waals surface area contributed by atoms with Crippen molar-refractivity contribution < 1.29 is 9.13 Å². The Labute approximate surface area is 149 Å². The summed E-state index contributed by atoms with van der Waals surface area (Å²) < 4.78 is 18.6. The number of benzene rings is 2. The molecule has 0 atom stereocenters. The summed E-state index contributed by atoms with van der Waals surface area (Å²) in [6.45, 7) is 1.95. The van der Waals surface area contributed by atoms with Gasteiger partial charge in [-0.25, -0.2) is 9.37 Å². The van der Waals surface area contributed by atoms with Gasteiger partial charge in [0.15, 0.2) is 0 Å². The van der Waals surface area contributed by atoms with Gasteiger partial charge < -0.3 is 10.1 Å². The maximum Gasteiger partial charge on any atom is 0.123 e. The number of hydrogen-bond acceptors (Lipinski definition) is 4. The van der Waals surface area contributed by atoms with Crippen molar-refractivity contribution in [1.82, 2.24) is 10.3 Å². The Hall–Kier alpha value is -1.95. The third-order valence-electron chi connectivity index (χ3n) is 3.31. The minimum absolute atomic E-state index is 0.238. The van der Waals surface area contributed by atoms with Crippen molar-refractivity contribution in [1.29, 1.82) is 0 Å². The lowest BCUT2D eigenvalue weighted by molar-refractivity contribution is 0.313. The number of thiazole rings is 1. The molecular formula is C18H16ClFN2OS. The first-order valence-corrected chi connectivity index (χ1v) is 8.76. The summed E-state index contributed by atoms with van der Waals surface area (Å²) in [5.41, 5.74) is 1.89. The monoisotopic (exact) mass is 362 g/mol. The smallest absolute Gasteiger partial charge is 0.123 e. The molecule has 0 unspecified atom stereocenters. The average molecular weight is 363 g/mol. The second-order valence-electron chi connectivity index (χ2n) is 5.13. The van der Waals surface area contributed by atoms with E-state index < -0.39 is 0 Å². The number of nitrogens with one attached hydrogen (secondary N) is 1. The molecule has 3 rings (SSSR count). The van der Waals surface area contributed by atoms with Crippen molar-refractivity contribution in [2.45, 2.75) is 6.54 Å². The molecule has 0 aliphatic rings. The molecule has 3 aromatic rings. The third kappa shape index (κ3) is 4.77. The van der Waals surface area contributed by atoms with Crippen LogP contribution in [0.1, 0.15) is 5.69 Å². The van der Waals surface area contributed by atoms with E-state index in [1.165, 1.54) is 12.1 Å². The summed E-state index contributed by atoms with van der Waals surface area (Å²) in [6.07, 6.45) is 0. The van der Waals surface area contributed by atoms with Gasteiger partial charge in [-0.15, -0.1) is 11.3 Å². The van der Waals surface area contributed by atoms with Crippen molar-refractivity contribution in [3.63, 3.8) is 0 Å². The highest BCUT2D eigenvalue weighted by molar-refractivity contribution is 7.13. The quantitative estimate of drug-likeness (QED) is 0.615. The molecule has 1 aromatic heterocycles. The van der Waals surface area contributed by atoms with E-state index in [0.717, 1.165) is 22.0 Å². The van der Waals surface area contributed by atoms with E-state index in [-0.39, 0.29) is 5.82 Å². The van der Waals surface area contributed by atoms with Crippen LogP contribution in [0.3, 0.4) is 0 Å². The summed E-state index contributed by atoms with van der Waals surface area (Å²) in [5.74, 6) is 0.561. The van der Waals surface area contributed by atoms with E-state index in [1.807, 2.05) is 17.5 Å². The molecule has 24 heavy (non-hydrogen) atoms. The Morgan fingerprint density at radius 3 is 2.58 bits per heavy atom. The number of hydrogen-bond donors (Lipinski definition) is 1. The van der Waals surface area contributed by atoms with Crippen LogP contribution in [0.2, 0.25) is 5.02 Å². The summed E-state index contributed by atoms with van der Waals surface area (Å²) in [4.78, 5) is 4.55. The van der Waals surface area contributed by atoms with Gasteiger partial charge in [-0.1, -0.05) is 11.6 Å². The minimum Gasteiger partial charge on any atom is -0.492 e. The lowest BCUT2D eigenvalue weighted by Crippen LogP contribution is -2.20. The standard InChI is InChI=1S/C18H16ClFN2OS/c19-14-3-7-17(8-4-14)23-10-9-21-11-16-12-24-18(22-16)13-1-5-15(20)6-2-13/h1-8,12,21H,9-11H2. The predicted octanol–water partition coefficient (Wildman–Crippen LogP) is 4.77. The van der Waals surface area contributed by atoms with Crippen molar-refractivity contribution in [2.75, 3.05) is 13.2 Å². The lowest BCUT2D eigenvalue weighted by Gasteiger charge is -2.06. The number of ether oxygens (including phenoxy) is 1. The first kappa shape index (κ1) is 16.9. The molecular weight excluding hydrogens is 347 g/mol. The Morgan fingerprint density at radius 1 is 1.08 bits per heavy atom. The van der Waals surface area contributed by atoms with Gasteiger partial charge in [-0.3, -0.25) is 0 Å². The van der Waals surface area contributed by atoms with Gasteiger partial charge in [0.25, 0.3) is 0 Å². The highest BCUT2D eigenvalue weighted by Crippen LogP contribution is 2.23. The zero-order valence-electron chi connectivity index (χ0n) is 12.8. The summed E-state index contributed by atoms with van der Waals surface area (Å²) in [7, 11) is 0. The van der Waals surface area contributed by atoms with Crippen molar-refractivity contribution in [3.8, 4) is 16.3 Å². The molecule has 0 aliphatic carbocycles. The van der Waals surface area contributed by atoms with E-state index in [2.05, 4.69) is 10.3 Å². The molecule has 0 saturated carbocycles. The fourth-order valence-electron chi connectivity index (χ4n) is 2.10. The van der Waals surface area contributed by atoms with Gasteiger partial charge in [0.1, 0.15) is 23.2 Å². The molecule has 6 heteroatoms. The van der Waals surface area contributed by atoms with Crippen LogP contribution in [0.15, 0.2) is 53.9 Å². The molecule has 3 nitrogen and oxygen atoms in total. The van der Waals surface area contributed by atoms with E-state index in [0.29, 0.717) is 24.7 Å². The molecule has 0 bridgehead atoms. The third-order valence-corrected chi connectivity index (χ3v) is 4.50. The minimum atomic E-state index is -0.238. The SMILES string of the molecule is Fc1ccc(-c2nc(CNCCOc3ccc(Cl)cc3)cs2)cc1. The van der Waals surface area contributed by atoms with Crippen LogP contribution in [-0.2, 0) is 6.54 Å². The van der Waals surface area contributed by atoms with Crippen LogP contribution in [-0.4, -0.2) is 18.1 Å². The summed E-state index contributed by atoms with van der Waals surface area (Å²) in [6, 6.07) is 13.7. The largest absolute Gasteiger partial charge is 0.492 e. The van der Waals surface area contributed by atoms with Crippen LogP contribution < -0.4 is 10.1 Å². The molecule has 1 N–H and O–H groups in total. The van der Waals surface area contributed by atoms with E-state index in [4.69, 9.17) is 16.3 Å². The van der Waals surface area contributed by atoms with Crippen LogP contribution in [0.4, 0.5) is 4.39 Å². The number of rotatable bonds is 7. The average Bonchev–Trinajstić information content (AvgIpc) is 3.06. The molecule has 0 saturated heterocycles. The molecule has 0 fully saturated rings. The van der Waals surface area contributed by atoms with Gasteiger partial charge in [-0.2, -0.15) is 0 Å². The first-order chi connectivity index (χ1) is 11.7. The normalized spacial score (nSPS) is 10.8. The Kier molecular flexibility index (Phi) is 5.80. The highest BCUT2D eigenvalue weighted by Gasteiger charge is 2.04. The van der Waals surface area contributed by atoms with Gasteiger partial charge >= 0.3 is 0 Å². The first-order valence-electron chi connectivity index (χ1n) is 7.50. The lowest BCUT2D eigenvalue weighted by atomic mass is 10.2. The zero-order valence-corrected chi connectivity index (χ0v) is 14.4. The van der Waals surface area contributed by atoms with Gasteiger partial charge in [0, 0.05) is 29.1 Å². The van der Waals surface area contributed by atoms with Crippen molar-refractivity contribution in [2.24, 2.45) is 0 Å². The van der Waals surface area contributed by atoms with E-state index in [9.17, 15) is 4.39 Å². The predicted molar refractivity (Wildman–Crippen MR) is 96.2 cm³/mol. The Morgan fingerprint density at radius 2 is 1.83 bits per heavy atom. The maximum atomic E-state index is 12.9. The molecule has 1 heterocycles. The molecule has 0 spiro atoms. The fourth-order valence-corrected chi connectivity index (χ4v) is 3.05. The molecule has 0 amide bonds. The topological polar surface area (TPSA) is 34.2 Å². The molecule has 0 radical (unpaired) electrons. The van der Waals surface area contributed by atoms with Crippen LogP contribution in [0.25, 0.3) is 10.6 Å². The van der Waals surface area contributed by atoms with Crippen LogP contribution in [0, 0.1) is 5.82 Å². The Balaban J connectivity index is 1.42. The maximum absolute atomic E-state index is 12.9. The highest BCUT2D eigenvalue weighted by atomic mass is 35.5. The number of nitrogens with zero attached hydrogens (tertiary/aromatic N) is 1. The number of halogens is 2. The molecule has 0 aliphatic heterocycles. The van der Waals surface area contributed by atoms with E-state index >= 15 is 0 Å². The van der Waals surface area contributed by atoms with Gasteiger partial charge in [0.2, 0.25) is 0 Å². The van der Waals surface area contributed by atoms with Gasteiger partial charge in [-0.05, 0) is 48.5 Å². The van der Waals surface area contributed by atoms with Crippen LogP contribution >= 0.6 is 22.9 Å². The second-order valence-corrected chi connectivity index (χ2v) is 6.42. The van der Waals surface area contributed by atoms with Crippen molar-refractivity contribution >= 4 is 22.9 Å². The second kappa shape index (κ2) is 8.24. The Bertz CT molecular complexity index is 774.